The van der Waals surface area contributed by atoms with E-state index in [-0.39, 0.29) is 11.6 Å². The number of carbonyl (C=O) groups is 1. The van der Waals surface area contributed by atoms with Crippen LogP contribution in [0.5, 0.6) is 0 Å². The number of hydrogen-bond donors (Lipinski definition) is 2. The molecule has 1 aliphatic heterocycles. The summed E-state index contributed by atoms with van der Waals surface area (Å²) in [6, 6.07) is 9.87. The van der Waals surface area contributed by atoms with Gasteiger partial charge < -0.3 is 10.6 Å². The molecule has 0 aromatic heterocycles. The van der Waals surface area contributed by atoms with E-state index < -0.39 is 5.91 Å². The molecule has 2 rings (SSSR count). The maximum absolute atomic E-state index is 12.2. The quantitative estimate of drug-likeness (QED) is 0.643. The van der Waals surface area contributed by atoms with Gasteiger partial charge in [0, 0.05) is 12.0 Å². The van der Waals surface area contributed by atoms with Gasteiger partial charge in [-0.2, -0.15) is 5.26 Å². The average molecular weight is 328 g/mol. The molecule has 1 aliphatic rings. The van der Waals surface area contributed by atoms with Crippen LogP contribution in [0.1, 0.15) is 31.0 Å². The molecule has 1 atom stereocenters. The van der Waals surface area contributed by atoms with Crippen molar-refractivity contribution in [3.05, 3.63) is 47.2 Å². The summed E-state index contributed by atoms with van der Waals surface area (Å²) in [6.07, 6.45) is 2.40. The summed E-state index contributed by atoms with van der Waals surface area (Å²) in [5.41, 5.74) is 2.30. The van der Waals surface area contributed by atoms with Crippen LogP contribution in [-0.4, -0.2) is 23.4 Å². The zero-order valence-electron chi connectivity index (χ0n) is 13.3. The van der Waals surface area contributed by atoms with Crippen molar-refractivity contribution in [2.75, 3.05) is 12.3 Å². The molecular formula is C17H20N4OS. The number of thioether (sulfide) groups is 1. The first kappa shape index (κ1) is 17.1. The molecule has 6 heteroatoms. The number of amides is 1. The smallest absolute Gasteiger partial charge is 0.263 e. The van der Waals surface area contributed by atoms with Gasteiger partial charge >= 0.3 is 0 Å². The molecule has 0 saturated heterocycles. The molecule has 0 aliphatic carbocycles. The third kappa shape index (κ3) is 4.86. The van der Waals surface area contributed by atoms with Crippen LogP contribution < -0.4 is 10.6 Å². The highest BCUT2D eigenvalue weighted by Crippen LogP contribution is 2.14. The molecule has 0 saturated carbocycles. The van der Waals surface area contributed by atoms with Crippen molar-refractivity contribution in [2.24, 2.45) is 4.99 Å². The fourth-order valence-electron chi connectivity index (χ4n) is 2.10. The Labute approximate surface area is 140 Å². The van der Waals surface area contributed by atoms with Crippen molar-refractivity contribution in [1.29, 1.82) is 5.26 Å². The van der Waals surface area contributed by atoms with Gasteiger partial charge in [-0.1, -0.05) is 43.0 Å². The molecule has 0 spiro atoms. The minimum Gasteiger partial charge on any atom is -0.345 e. The van der Waals surface area contributed by atoms with Gasteiger partial charge in [0.15, 0.2) is 5.17 Å². The summed E-state index contributed by atoms with van der Waals surface area (Å²) in [6.45, 7) is 4.77. The molecule has 1 aromatic rings. The van der Waals surface area contributed by atoms with E-state index in [0.717, 1.165) is 29.4 Å². The number of aliphatic imine (C=N–C) groups is 1. The largest absolute Gasteiger partial charge is 0.345 e. The molecule has 1 amide bonds. The number of benzene rings is 1. The van der Waals surface area contributed by atoms with Gasteiger partial charge in [-0.3, -0.25) is 9.79 Å². The average Bonchev–Trinajstić information content (AvgIpc) is 3.09. The third-order valence-corrected chi connectivity index (χ3v) is 4.43. The van der Waals surface area contributed by atoms with E-state index in [1.807, 2.05) is 25.1 Å². The molecule has 0 fully saturated rings. The van der Waals surface area contributed by atoms with E-state index in [2.05, 4.69) is 34.7 Å². The molecule has 0 bridgehead atoms. The molecule has 0 radical (unpaired) electrons. The summed E-state index contributed by atoms with van der Waals surface area (Å²) in [7, 11) is 0. The van der Waals surface area contributed by atoms with Crippen LogP contribution in [0.4, 0.5) is 0 Å². The highest BCUT2D eigenvalue weighted by atomic mass is 32.2. The Kier molecular flexibility index (Phi) is 6.24. The molecule has 1 aromatic carbocycles. The lowest BCUT2D eigenvalue weighted by atomic mass is 10.0. The molecule has 5 nitrogen and oxygen atoms in total. The number of nitrogens with zero attached hydrogens (tertiary/aromatic N) is 2. The summed E-state index contributed by atoms with van der Waals surface area (Å²) < 4.78 is 0. The SMILES string of the molecule is CCc1ccc(C(C)NC(=O)/C(C#N)=C\NC2=NCCS2)cc1. The topological polar surface area (TPSA) is 77.3 Å². The van der Waals surface area contributed by atoms with E-state index >= 15 is 0 Å². The summed E-state index contributed by atoms with van der Waals surface area (Å²) in [4.78, 5) is 16.4. The highest BCUT2D eigenvalue weighted by Gasteiger charge is 2.14. The van der Waals surface area contributed by atoms with E-state index in [4.69, 9.17) is 5.26 Å². The number of rotatable bonds is 5. The predicted molar refractivity (Wildman–Crippen MR) is 94.0 cm³/mol. The van der Waals surface area contributed by atoms with Crippen LogP contribution >= 0.6 is 11.8 Å². The number of amidine groups is 1. The molecule has 1 heterocycles. The Hall–Kier alpha value is -2.26. The van der Waals surface area contributed by atoms with Crippen molar-refractivity contribution in [3.8, 4) is 6.07 Å². The fourth-order valence-corrected chi connectivity index (χ4v) is 2.81. The van der Waals surface area contributed by atoms with Gasteiger partial charge in [0.25, 0.3) is 5.91 Å². The lowest BCUT2D eigenvalue weighted by Crippen LogP contribution is -2.28. The Morgan fingerprint density at radius 3 is 2.78 bits per heavy atom. The van der Waals surface area contributed by atoms with E-state index in [1.165, 1.54) is 11.8 Å². The van der Waals surface area contributed by atoms with Gasteiger partial charge in [0.05, 0.1) is 12.6 Å². The Bertz CT molecular complexity index is 658. The van der Waals surface area contributed by atoms with Gasteiger partial charge in [-0.25, -0.2) is 0 Å². The first-order valence-electron chi connectivity index (χ1n) is 7.57. The third-order valence-electron chi connectivity index (χ3n) is 3.53. The van der Waals surface area contributed by atoms with Crippen molar-refractivity contribution >= 4 is 22.8 Å². The predicted octanol–water partition coefficient (Wildman–Crippen LogP) is 2.53. The first-order chi connectivity index (χ1) is 11.1. The second-order valence-corrected chi connectivity index (χ2v) is 6.22. The van der Waals surface area contributed by atoms with Crippen molar-refractivity contribution in [3.63, 3.8) is 0 Å². The molecule has 1 unspecified atom stereocenters. The minimum atomic E-state index is -0.393. The lowest BCUT2D eigenvalue weighted by Gasteiger charge is -2.14. The number of carbonyl (C=O) groups excluding carboxylic acids is 1. The van der Waals surface area contributed by atoms with Crippen LogP contribution in [0.2, 0.25) is 0 Å². The van der Waals surface area contributed by atoms with Gasteiger partial charge in [0.1, 0.15) is 11.6 Å². The van der Waals surface area contributed by atoms with Crippen LogP contribution in [0.15, 0.2) is 41.0 Å². The standard InChI is InChI=1S/C17H20N4OS/c1-3-13-4-6-14(7-5-13)12(2)21-16(22)15(10-18)11-20-17-19-8-9-23-17/h4-7,11-12H,3,8-9H2,1-2H3,(H,19,20)(H,21,22)/b15-11-. The van der Waals surface area contributed by atoms with E-state index in [0.29, 0.717) is 0 Å². The Morgan fingerprint density at radius 2 is 2.22 bits per heavy atom. The fraction of sp³-hybridized carbons (Fsp3) is 0.353. The zero-order chi connectivity index (χ0) is 16.7. The van der Waals surface area contributed by atoms with Crippen molar-refractivity contribution in [1.82, 2.24) is 10.6 Å². The van der Waals surface area contributed by atoms with Crippen LogP contribution in [0.25, 0.3) is 0 Å². The first-order valence-corrected chi connectivity index (χ1v) is 8.56. The summed E-state index contributed by atoms with van der Waals surface area (Å²) in [5, 5.41) is 15.7. The maximum Gasteiger partial charge on any atom is 0.263 e. The Balaban J connectivity index is 1.97. The van der Waals surface area contributed by atoms with Crippen molar-refractivity contribution < 1.29 is 4.79 Å². The molecule has 2 N–H and O–H groups in total. The van der Waals surface area contributed by atoms with Crippen LogP contribution in [-0.2, 0) is 11.2 Å². The highest BCUT2D eigenvalue weighted by molar-refractivity contribution is 8.14. The van der Waals surface area contributed by atoms with Gasteiger partial charge in [-0.05, 0) is 24.5 Å². The second-order valence-electron chi connectivity index (χ2n) is 5.14. The number of nitrogens with one attached hydrogen (secondary N) is 2. The normalized spacial score (nSPS) is 15.5. The van der Waals surface area contributed by atoms with Gasteiger partial charge in [0.2, 0.25) is 0 Å². The second kappa shape index (κ2) is 8.39. The van der Waals surface area contributed by atoms with Crippen molar-refractivity contribution in [2.45, 2.75) is 26.3 Å². The number of nitriles is 1. The Morgan fingerprint density at radius 1 is 1.48 bits per heavy atom. The lowest BCUT2D eigenvalue weighted by molar-refractivity contribution is -0.117. The monoisotopic (exact) mass is 328 g/mol. The molecular weight excluding hydrogens is 308 g/mol. The number of hydrogen-bond acceptors (Lipinski definition) is 5. The van der Waals surface area contributed by atoms with Gasteiger partial charge in [-0.15, -0.1) is 0 Å². The van der Waals surface area contributed by atoms with Crippen LogP contribution in [0.3, 0.4) is 0 Å². The minimum absolute atomic E-state index is 0.0391. The number of aryl methyl sites for hydroxylation is 1. The van der Waals surface area contributed by atoms with Crippen LogP contribution in [0, 0.1) is 11.3 Å². The summed E-state index contributed by atoms with van der Waals surface area (Å²) >= 11 is 1.57. The molecule has 23 heavy (non-hydrogen) atoms. The van der Waals surface area contributed by atoms with E-state index in [9.17, 15) is 4.79 Å². The summed E-state index contributed by atoms with van der Waals surface area (Å²) in [5.74, 6) is 0.533. The zero-order valence-corrected chi connectivity index (χ0v) is 14.1. The molecule has 120 valence electrons. The van der Waals surface area contributed by atoms with E-state index in [1.54, 1.807) is 11.8 Å². The maximum atomic E-state index is 12.2.